The van der Waals surface area contributed by atoms with Crippen LogP contribution >= 0.6 is 11.8 Å². The molecule has 16 heavy (non-hydrogen) atoms. The van der Waals surface area contributed by atoms with Gasteiger partial charge in [-0.05, 0) is 39.2 Å². The van der Waals surface area contributed by atoms with Gasteiger partial charge in [-0.25, -0.2) is 0 Å². The zero-order valence-electron chi connectivity index (χ0n) is 11.0. The quantitative estimate of drug-likeness (QED) is 0.732. The van der Waals surface area contributed by atoms with Gasteiger partial charge in [0.1, 0.15) is 5.76 Å². The molecular weight excluding hydrogens is 218 g/mol. The van der Waals surface area contributed by atoms with Crippen LogP contribution in [0.5, 0.6) is 0 Å². The Morgan fingerprint density at radius 3 is 2.50 bits per heavy atom. The van der Waals surface area contributed by atoms with Gasteiger partial charge in [0.25, 0.3) is 0 Å². The van der Waals surface area contributed by atoms with Crippen molar-refractivity contribution in [1.82, 2.24) is 4.90 Å². The van der Waals surface area contributed by atoms with Crippen molar-refractivity contribution in [3.05, 3.63) is 17.9 Å². The van der Waals surface area contributed by atoms with Crippen LogP contribution in [0.4, 0.5) is 0 Å². The van der Waals surface area contributed by atoms with Crippen molar-refractivity contribution in [1.29, 1.82) is 0 Å². The molecule has 0 aliphatic rings. The number of aryl methyl sites for hydroxylation is 1. The van der Waals surface area contributed by atoms with Crippen molar-refractivity contribution >= 4 is 11.8 Å². The lowest BCUT2D eigenvalue weighted by molar-refractivity contribution is 0.377. The Labute approximate surface area is 103 Å². The van der Waals surface area contributed by atoms with E-state index in [0.29, 0.717) is 0 Å². The van der Waals surface area contributed by atoms with Crippen LogP contribution in [-0.2, 0) is 6.42 Å². The summed E-state index contributed by atoms with van der Waals surface area (Å²) < 4.78 is 6.01. The number of hydrogen-bond acceptors (Lipinski definition) is 3. The highest BCUT2D eigenvalue weighted by molar-refractivity contribution is 8.00. The third kappa shape index (κ3) is 5.61. The predicted octanol–water partition coefficient (Wildman–Crippen LogP) is 3.66. The summed E-state index contributed by atoms with van der Waals surface area (Å²) in [5.74, 6) is 1.11. The lowest BCUT2D eigenvalue weighted by atomic mass is 10.2. The van der Waals surface area contributed by atoms with Gasteiger partial charge in [0.15, 0.2) is 5.09 Å². The molecule has 0 N–H and O–H groups in total. The first kappa shape index (κ1) is 13.7. The highest BCUT2D eigenvalue weighted by atomic mass is 32.2. The molecule has 2 nitrogen and oxygen atoms in total. The van der Waals surface area contributed by atoms with Gasteiger partial charge in [-0.15, -0.1) is 0 Å². The van der Waals surface area contributed by atoms with Gasteiger partial charge >= 0.3 is 0 Å². The van der Waals surface area contributed by atoms with Crippen LogP contribution in [0.2, 0.25) is 0 Å². The van der Waals surface area contributed by atoms with E-state index in [-0.39, 0.29) is 4.75 Å². The van der Waals surface area contributed by atoms with Gasteiger partial charge in [-0.3, -0.25) is 0 Å². The van der Waals surface area contributed by atoms with E-state index in [1.165, 1.54) is 0 Å². The fraction of sp³-hybridized carbons (Fsp3) is 0.692. The molecule has 0 bridgehead atoms. The highest BCUT2D eigenvalue weighted by Gasteiger charge is 2.14. The largest absolute Gasteiger partial charge is 0.455 e. The molecule has 1 rings (SSSR count). The first-order valence-corrected chi connectivity index (χ1v) is 6.61. The van der Waals surface area contributed by atoms with Gasteiger partial charge in [0.05, 0.1) is 0 Å². The maximum Gasteiger partial charge on any atom is 0.160 e. The summed E-state index contributed by atoms with van der Waals surface area (Å²) in [6.45, 7) is 7.71. The fourth-order valence-electron chi connectivity index (χ4n) is 1.42. The molecule has 0 saturated heterocycles. The zero-order valence-corrected chi connectivity index (χ0v) is 11.9. The molecule has 1 aromatic rings. The molecule has 3 heteroatoms. The van der Waals surface area contributed by atoms with E-state index in [4.69, 9.17) is 4.42 Å². The second-order valence-corrected chi connectivity index (χ2v) is 7.17. The minimum absolute atomic E-state index is 0.221. The lowest BCUT2D eigenvalue weighted by Gasteiger charge is -2.14. The molecule has 0 amide bonds. The van der Waals surface area contributed by atoms with Gasteiger partial charge in [-0.2, -0.15) is 0 Å². The van der Waals surface area contributed by atoms with Crippen molar-refractivity contribution in [2.24, 2.45) is 0 Å². The summed E-state index contributed by atoms with van der Waals surface area (Å²) in [7, 11) is 4.20. The normalized spacial score (nSPS) is 12.4. The molecule has 0 aromatic carbocycles. The van der Waals surface area contributed by atoms with Gasteiger partial charge in [0.2, 0.25) is 0 Å². The van der Waals surface area contributed by atoms with Crippen LogP contribution in [-0.4, -0.2) is 30.3 Å². The van der Waals surface area contributed by atoms with E-state index in [2.05, 4.69) is 51.9 Å². The van der Waals surface area contributed by atoms with Crippen LogP contribution < -0.4 is 0 Å². The van der Waals surface area contributed by atoms with Crippen molar-refractivity contribution in [3.8, 4) is 0 Å². The van der Waals surface area contributed by atoms with E-state index in [0.717, 1.165) is 30.2 Å². The van der Waals surface area contributed by atoms with Crippen molar-refractivity contribution in [3.63, 3.8) is 0 Å². The fourth-order valence-corrected chi connectivity index (χ4v) is 2.31. The monoisotopic (exact) mass is 241 g/mol. The summed E-state index contributed by atoms with van der Waals surface area (Å²) in [6.07, 6.45) is 2.18. The maximum atomic E-state index is 5.79. The molecule has 0 aliphatic carbocycles. The second kappa shape index (κ2) is 5.78. The molecule has 0 aliphatic heterocycles. The number of furan rings is 1. The minimum Gasteiger partial charge on any atom is -0.455 e. The molecule has 92 valence electrons. The number of nitrogens with zero attached hydrogens (tertiary/aromatic N) is 1. The average molecular weight is 241 g/mol. The third-order valence-corrected chi connectivity index (χ3v) is 3.11. The van der Waals surface area contributed by atoms with Crippen LogP contribution in [0.3, 0.4) is 0 Å². The summed E-state index contributed by atoms with van der Waals surface area (Å²) >= 11 is 1.78. The van der Waals surface area contributed by atoms with Gasteiger partial charge in [0, 0.05) is 11.2 Å². The Kier molecular flexibility index (Phi) is 4.93. The van der Waals surface area contributed by atoms with Crippen LogP contribution in [0.15, 0.2) is 21.6 Å². The van der Waals surface area contributed by atoms with Gasteiger partial charge < -0.3 is 9.32 Å². The Hall–Kier alpha value is -0.410. The topological polar surface area (TPSA) is 16.4 Å². The summed E-state index contributed by atoms with van der Waals surface area (Å²) in [5, 5.41) is 1.03. The summed E-state index contributed by atoms with van der Waals surface area (Å²) in [6, 6.07) is 4.19. The van der Waals surface area contributed by atoms with Crippen LogP contribution in [0, 0.1) is 0 Å². The van der Waals surface area contributed by atoms with E-state index in [1.54, 1.807) is 11.8 Å². The van der Waals surface area contributed by atoms with E-state index in [1.807, 2.05) is 0 Å². The predicted molar refractivity (Wildman–Crippen MR) is 71.2 cm³/mol. The maximum absolute atomic E-state index is 5.79. The van der Waals surface area contributed by atoms with Crippen LogP contribution in [0.1, 0.15) is 33.0 Å². The van der Waals surface area contributed by atoms with Crippen molar-refractivity contribution < 1.29 is 4.42 Å². The van der Waals surface area contributed by atoms with E-state index in [9.17, 15) is 0 Å². The Morgan fingerprint density at radius 1 is 1.25 bits per heavy atom. The SMILES string of the molecule is CN(C)CCCc1ccc(SC(C)(C)C)o1. The molecule has 0 spiro atoms. The molecule has 0 saturated carbocycles. The minimum atomic E-state index is 0.221. The first-order valence-electron chi connectivity index (χ1n) is 5.79. The second-order valence-electron chi connectivity index (χ2n) is 5.34. The Bertz CT molecular complexity index is 312. The van der Waals surface area contributed by atoms with Gasteiger partial charge in [-0.1, -0.05) is 32.5 Å². The lowest BCUT2D eigenvalue weighted by Crippen LogP contribution is -2.13. The molecule has 0 unspecified atom stereocenters. The molecule has 1 aromatic heterocycles. The summed E-state index contributed by atoms with van der Waals surface area (Å²) in [5.41, 5.74) is 0. The van der Waals surface area contributed by atoms with Crippen molar-refractivity contribution in [2.45, 2.75) is 43.5 Å². The zero-order chi connectivity index (χ0) is 12.2. The molecule has 0 atom stereocenters. The third-order valence-electron chi connectivity index (χ3n) is 2.07. The molecule has 0 fully saturated rings. The molecular formula is C13H23NOS. The Balaban J connectivity index is 2.40. The molecule has 1 heterocycles. The van der Waals surface area contributed by atoms with Crippen molar-refractivity contribution in [2.75, 3.05) is 20.6 Å². The smallest absolute Gasteiger partial charge is 0.160 e. The summed E-state index contributed by atoms with van der Waals surface area (Å²) in [4.78, 5) is 2.20. The first-order chi connectivity index (χ1) is 7.37. The number of hydrogen-bond donors (Lipinski definition) is 0. The molecule has 0 radical (unpaired) electrons. The number of thioether (sulfide) groups is 1. The number of rotatable bonds is 5. The highest BCUT2D eigenvalue weighted by Crippen LogP contribution is 2.33. The van der Waals surface area contributed by atoms with E-state index >= 15 is 0 Å². The Morgan fingerprint density at radius 2 is 1.94 bits per heavy atom. The van der Waals surface area contributed by atoms with E-state index < -0.39 is 0 Å². The average Bonchev–Trinajstić information content (AvgIpc) is 2.48. The standard InChI is InChI=1S/C13H23NOS/c1-13(2,3)16-12-9-8-11(15-12)7-6-10-14(4)5/h8-9H,6-7,10H2,1-5H3. The van der Waals surface area contributed by atoms with Crippen LogP contribution in [0.25, 0.3) is 0 Å².